The molecule has 27 heavy (non-hydrogen) atoms. The van der Waals surface area contributed by atoms with Crippen LogP contribution in [0.5, 0.6) is 0 Å². The first-order chi connectivity index (χ1) is 13.0. The second-order valence-electron chi connectivity index (χ2n) is 7.58. The van der Waals surface area contributed by atoms with Gasteiger partial charge in [-0.3, -0.25) is 9.59 Å². The van der Waals surface area contributed by atoms with Gasteiger partial charge in [0.15, 0.2) is 5.78 Å². The number of ketones is 1. The molecule has 3 atom stereocenters. The monoisotopic (exact) mass is 375 g/mol. The number of methoxy groups -OCH3 is 1. The van der Waals surface area contributed by atoms with Crippen LogP contribution in [0.15, 0.2) is 37.0 Å². The molecular formula is C22H33NO4. The lowest BCUT2D eigenvalue weighted by Gasteiger charge is -2.37. The van der Waals surface area contributed by atoms with Gasteiger partial charge in [0.2, 0.25) is 5.91 Å². The maximum atomic E-state index is 13.5. The van der Waals surface area contributed by atoms with Crippen LogP contribution in [0.4, 0.5) is 0 Å². The molecule has 0 aromatic rings. The van der Waals surface area contributed by atoms with Crippen molar-refractivity contribution in [1.82, 2.24) is 4.90 Å². The minimum Gasteiger partial charge on any atom is -0.383 e. The van der Waals surface area contributed by atoms with Crippen LogP contribution in [0.25, 0.3) is 0 Å². The third-order valence-corrected chi connectivity index (χ3v) is 5.51. The van der Waals surface area contributed by atoms with E-state index in [2.05, 4.69) is 13.2 Å². The van der Waals surface area contributed by atoms with Gasteiger partial charge >= 0.3 is 0 Å². The lowest BCUT2D eigenvalue weighted by molar-refractivity contribution is -0.148. The van der Waals surface area contributed by atoms with Crippen LogP contribution in [0.1, 0.15) is 45.4 Å². The van der Waals surface area contributed by atoms with Gasteiger partial charge in [-0.1, -0.05) is 23.8 Å². The Labute approximate surface area is 163 Å². The van der Waals surface area contributed by atoms with E-state index in [9.17, 15) is 9.59 Å². The molecule has 0 N–H and O–H groups in total. The van der Waals surface area contributed by atoms with E-state index in [1.165, 1.54) is 0 Å². The van der Waals surface area contributed by atoms with E-state index in [4.69, 9.17) is 9.47 Å². The quantitative estimate of drug-likeness (QED) is 0.433. The minimum absolute atomic E-state index is 0.00104. The van der Waals surface area contributed by atoms with Gasteiger partial charge in [0.25, 0.3) is 0 Å². The summed E-state index contributed by atoms with van der Waals surface area (Å²) in [5.41, 5.74) is -0.00653. The average Bonchev–Trinajstić information content (AvgIpc) is 3.11. The molecule has 1 saturated heterocycles. The van der Waals surface area contributed by atoms with E-state index in [0.29, 0.717) is 39.0 Å². The Balaban J connectivity index is 2.28. The fraction of sp³-hybridized carbons (Fsp3) is 0.636. The summed E-state index contributed by atoms with van der Waals surface area (Å²) in [5.74, 6) is -0.0947. The second-order valence-corrected chi connectivity index (χ2v) is 7.58. The highest BCUT2D eigenvalue weighted by molar-refractivity contribution is 6.09. The van der Waals surface area contributed by atoms with Gasteiger partial charge in [-0.05, 0) is 39.0 Å². The molecule has 0 saturated carbocycles. The first-order valence-electron chi connectivity index (χ1n) is 9.85. The second kappa shape index (κ2) is 10.00. The molecule has 0 aromatic carbocycles. The summed E-state index contributed by atoms with van der Waals surface area (Å²) in [6.07, 6.45) is 9.35. The molecule has 2 aliphatic rings. The molecule has 0 aromatic heterocycles. The minimum atomic E-state index is -1.12. The van der Waals surface area contributed by atoms with Gasteiger partial charge in [-0.25, -0.2) is 0 Å². The van der Waals surface area contributed by atoms with E-state index in [1.807, 2.05) is 17.9 Å². The molecule has 0 bridgehead atoms. The summed E-state index contributed by atoms with van der Waals surface area (Å²) in [5, 5.41) is 0. The number of ether oxygens (including phenoxy) is 2. The van der Waals surface area contributed by atoms with Crippen LogP contribution in [-0.2, 0) is 19.1 Å². The Hall–Kier alpha value is -1.72. The number of carbonyl (C=O) groups excluding carboxylic acids is 2. The van der Waals surface area contributed by atoms with Crippen LogP contribution in [0.2, 0.25) is 0 Å². The molecular weight excluding hydrogens is 342 g/mol. The molecule has 0 unspecified atom stereocenters. The van der Waals surface area contributed by atoms with Crippen molar-refractivity contribution in [1.29, 1.82) is 0 Å². The van der Waals surface area contributed by atoms with Gasteiger partial charge in [0, 0.05) is 20.1 Å². The molecule has 1 aliphatic carbocycles. The zero-order valence-electron chi connectivity index (χ0n) is 16.7. The number of hydrogen-bond acceptors (Lipinski definition) is 4. The van der Waals surface area contributed by atoms with Crippen molar-refractivity contribution in [2.45, 2.75) is 57.6 Å². The van der Waals surface area contributed by atoms with Crippen molar-refractivity contribution in [2.75, 3.05) is 26.9 Å². The van der Waals surface area contributed by atoms with Crippen molar-refractivity contribution < 1.29 is 19.1 Å². The number of likely N-dealkylation sites (tertiary alicyclic amines) is 1. The maximum absolute atomic E-state index is 13.5. The van der Waals surface area contributed by atoms with Crippen molar-refractivity contribution >= 4 is 11.7 Å². The van der Waals surface area contributed by atoms with Crippen LogP contribution in [0, 0.1) is 5.41 Å². The molecule has 1 amide bonds. The highest BCUT2D eigenvalue weighted by atomic mass is 16.5. The van der Waals surface area contributed by atoms with Gasteiger partial charge < -0.3 is 14.4 Å². The Morgan fingerprint density at radius 3 is 2.85 bits per heavy atom. The van der Waals surface area contributed by atoms with Gasteiger partial charge in [-0.2, -0.15) is 0 Å². The van der Waals surface area contributed by atoms with E-state index < -0.39 is 5.41 Å². The third kappa shape index (κ3) is 4.96. The van der Waals surface area contributed by atoms with Gasteiger partial charge in [-0.15, -0.1) is 13.2 Å². The summed E-state index contributed by atoms with van der Waals surface area (Å²) in [7, 11) is 1.65. The Morgan fingerprint density at radius 2 is 2.19 bits per heavy atom. The molecule has 1 heterocycles. The van der Waals surface area contributed by atoms with E-state index >= 15 is 0 Å². The molecule has 0 spiro atoms. The van der Waals surface area contributed by atoms with Crippen molar-refractivity contribution in [2.24, 2.45) is 5.41 Å². The molecule has 150 valence electrons. The number of amides is 1. The number of allylic oxidation sites excluding steroid dienone is 1. The lowest BCUT2D eigenvalue weighted by Crippen LogP contribution is -2.51. The number of carbonyl (C=O) groups is 2. The van der Waals surface area contributed by atoms with Crippen molar-refractivity contribution in [3.63, 3.8) is 0 Å². The molecule has 0 radical (unpaired) electrons. The lowest BCUT2D eigenvalue weighted by atomic mass is 9.71. The predicted octanol–water partition coefficient (Wildman–Crippen LogP) is 3.46. The highest BCUT2D eigenvalue weighted by Crippen LogP contribution is 2.39. The maximum Gasteiger partial charge on any atom is 0.240 e. The SMILES string of the molecule is C=CCO[C@H](C)CC1=C[C@@](CC=C)(C(=O)N2CCC[C@H]2COC)C(=O)CC1. The zero-order valence-corrected chi connectivity index (χ0v) is 16.7. The summed E-state index contributed by atoms with van der Waals surface area (Å²) < 4.78 is 11.0. The molecule has 1 aliphatic heterocycles. The Bertz CT molecular complexity index is 597. The van der Waals surface area contributed by atoms with Crippen LogP contribution >= 0.6 is 0 Å². The smallest absolute Gasteiger partial charge is 0.240 e. The number of rotatable bonds is 10. The average molecular weight is 376 g/mol. The summed E-state index contributed by atoms with van der Waals surface area (Å²) in [6.45, 7) is 11.2. The van der Waals surface area contributed by atoms with Gasteiger partial charge in [0.05, 0.1) is 25.4 Å². The van der Waals surface area contributed by atoms with Crippen molar-refractivity contribution in [3.05, 3.63) is 37.0 Å². The molecule has 5 nitrogen and oxygen atoms in total. The largest absolute Gasteiger partial charge is 0.383 e. The fourth-order valence-electron chi connectivity index (χ4n) is 4.21. The molecule has 1 fully saturated rings. The first-order valence-corrected chi connectivity index (χ1v) is 9.85. The molecule has 2 rings (SSSR count). The highest BCUT2D eigenvalue weighted by Gasteiger charge is 2.48. The van der Waals surface area contributed by atoms with Crippen molar-refractivity contribution in [3.8, 4) is 0 Å². The topological polar surface area (TPSA) is 55.8 Å². The predicted molar refractivity (Wildman–Crippen MR) is 106 cm³/mol. The summed E-state index contributed by atoms with van der Waals surface area (Å²) in [6, 6.07) is 0.0469. The summed E-state index contributed by atoms with van der Waals surface area (Å²) in [4.78, 5) is 28.3. The van der Waals surface area contributed by atoms with Crippen LogP contribution < -0.4 is 0 Å². The van der Waals surface area contributed by atoms with E-state index in [1.54, 1.807) is 19.3 Å². The fourth-order valence-corrected chi connectivity index (χ4v) is 4.21. The standard InChI is InChI=1S/C22H33NO4/c1-5-11-22(21(25)23-12-7-8-19(23)16-26-4)15-18(9-10-20(22)24)14-17(3)27-13-6-2/h5-6,15,17,19H,1-2,7-14,16H2,3-4H3/t17-,19+,22-/m1/s1. The van der Waals surface area contributed by atoms with E-state index in [0.717, 1.165) is 24.8 Å². The first kappa shape index (κ1) is 21.6. The van der Waals surface area contributed by atoms with Gasteiger partial charge in [0.1, 0.15) is 5.41 Å². The summed E-state index contributed by atoms with van der Waals surface area (Å²) >= 11 is 0. The normalized spacial score (nSPS) is 26.6. The van der Waals surface area contributed by atoms with Crippen LogP contribution in [-0.4, -0.2) is 55.6 Å². The zero-order chi connectivity index (χ0) is 19.9. The van der Waals surface area contributed by atoms with Crippen LogP contribution in [0.3, 0.4) is 0 Å². The Kier molecular flexibility index (Phi) is 7.99. The number of Topliss-reactive ketones (excluding diaryl/α,β-unsaturated/α-hetero) is 1. The van der Waals surface area contributed by atoms with E-state index in [-0.39, 0.29) is 23.8 Å². The Morgan fingerprint density at radius 1 is 1.41 bits per heavy atom. The third-order valence-electron chi connectivity index (χ3n) is 5.51. The molecule has 5 heteroatoms. The number of hydrogen-bond donors (Lipinski definition) is 0. The number of nitrogens with zero attached hydrogens (tertiary/aromatic N) is 1.